The molecule has 0 aliphatic rings. The number of nitrogens with two attached hydrogens (primary N) is 2. The van der Waals surface area contributed by atoms with Crippen LogP contribution in [0.5, 0.6) is 11.5 Å². The van der Waals surface area contributed by atoms with Crippen molar-refractivity contribution in [2.45, 2.75) is 9.79 Å². The van der Waals surface area contributed by atoms with Crippen LogP contribution in [0.25, 0.3) is 21.9 Å². The van der Waals surface area contributed by atoms with Crippen molar-refractivity contribution in [2.24, 2.45) is 30.7 Å². The van der Waals surface area contributed by atoms with Crippen molar-refractivity contribution < 1.29 is 95.3 Å². The first-order chi connectivity index (χ1) is 25.1. The SMILES string of the molecule is Nc1cc([O-])c(Cl)cc1N=Nc1ccc(-c2ccc(N=Nc3c(S(=O)(=O)O)cc4cc(S(=O)(=O)O)c(N=Nc5ccccc5)c([O-])c4c3N)cc2)cc1.[Na+].[Na+]. The number of halogens is 1. The molecule has 268 valence electrons. The summed E-state index contributed by atoms with van der Waals surface area (Å²) in [5, 5.41) is 48.3. The fourth-order valence-electron chi connectivity index (χ4n) is 4.99. The van der Waals surface area contributed by atoms with Gasteiger partial charge in [-0.25, -0.2) is 0 Å². The van der Waals surface area contributed by atoms with E-state index >= 15 is 0 Å². The molecule has 6 aromatic carbocycles. The zero-order valence-corrected chi connectivity index (χ0v) is 35.1. The number of anilines is 2. The number of fused-ring (bicyclic) bond motifs is 1. The summed E-state index contributed by atoms with van der Waals surface area (Å²) in [6, 6.07) is 25.5. The van der Waals surface area contributed by atoms with Crippen LogP contribution in [-0.4, -0.2) is 25.9 Å². The number of benzene rings is 6. The molecule has 0 radical (unpaired) electrons. The third-order valence-corrected chi connectivity index (χ3v) is 9.59. The van der Waals surface area contributed by atoms with Crippen LogP contribution in [0.1, 0.15) is 0 Å². The summed E-state index contributed by atoms with van der Waals surface area (Å²) in [6.45, 7) is 0. The number of azo groups is 3. The van der Waals surface area contributed by atoms with Crippen LogP contribution in [0, 0.1) is 0 Å². The molecule has 0 heterocycles. The first kappa shape index (κ1) is 43.4. The van der Waals surface area contributed by atoms with Gasteiger partial charge in [0.25, 0.3) is 20.2 Å². The van der Waals surface area contributed by atoms with Crippen molar-refractivity contribution in [2.75, 3.05) is 11.5 Å². The first-order valence-electron chi connectivity index (χ1n) is 14.9. The van der Waals surface area contributed by atoms with Gasteiger partial charge in [0, 0.05) is 10.4 Å². The Balaban J connectivity index is 0.00000336. The summed E-state index contributed by atoms with van der Waals surface area (Å²) in [6.07, 6.45) is 0. The second kappa shape index (κ2) is 17.7. The predicted octanol–water partition coefficient (Wildman–Crippen LogP) is 2.22. The van der Waals surface area contributed by atoms with Crippen molar-refractivity contribution in [3.63, 3.8) is 0 Å². The van der Waals surface area contributed by atoms with Crippen LogP contribution in [0.3, 0.4) is 0 Å². The number of hydrogen-bond donors (Lipinski definition) is 4. The number of nitrogens with zero attached hydrogens (tertiary/aromatic N) is 6. The molecule has 0 saturated carbocycles. The first-order valence-corrected chi connectivity index (χ1v) is 18.2. The van der Waals surface area contributed by atoms with Crippen molar-refractivity contribution in [1.82, 2.24) is 0 Å². The molecular weight excluding hydrogens is 794 g/mol. The van der Waals surface area contributed by atoms with Crippen molar-refractivity contribution in [1.29, 1.82) is 0 Å². The summed E-state index contributed by atoms with van der Waals surface area (Å²) >= 11 is 5.86. The van der Waals surface area contributed by atoms with E-state index in [0.717, 1.165) is 29.3 Å². The topological polar surface area (TPSA) is 281 Å². The fourth-order valence-corrected chi connectivity index (χ4v) is 6.48. The molecule has 0 atom stereocenters. The number of rotatable bonds is 9. The average Bonchev–Trinajstić information content (AvgIpc) is 3.11. The Hall–Kier alpha value is -4.31. The van der Waals surface area contributed by atoms with Gasteiger partial charge in [-0.15, -0.1) is 15.3 Å². The summed E-state index contributed by atoms with van der Waals surface area (Å²) in [5.74, 6) is -1.54. The van der Waals surface area contributed by atoms with E-state index < -0.39 is 64.0 Å². The minimum Gasteiger partial charge on any atom is -0.871 e. The summed E-state index contributed by atoms with van der Waals surface area (Å²) in [4.78, 5) is -1.85. The van der Waals surface area contributed by atoms with Gasteiger partial charge in [-0.05, 0) is 77.2 Å². The third kappa shape index (κ3) is 9.93. The number of nitrogen functional groups attached to an aromatic ring is 2. The van der Waals surface area contributed by atoms with Crippen LogP contribution in [-0.2, 0) is 20.2 Å². The minimum absolute atomic E-state index is 0. The molecule has 0 bridgehead atoms. The molecule has 0 spiro atoms. The van der Waals surface area contributed by atoms with E-state index in [1.807, 2.05) is 0 Å². The van der Waals surface area contributed by atoms with Crippen molar-refractivity contribution in [3.8, 4) is 22.6 Å². The van der Waals surface area contributed by atoms with Crippen LogP contribution in [0.4, 0.5) is 45.5 Å². The van der Waals surface area contributed by atoms with E-state index in [1.165, 1.54) is 18.2 Å². The molecule has 55 heavy (non-hydrogen) atoms. The monoisotopic (exact) mass is 816 g/mol. The van der Waals surface area contributed by atoms with E-state index in [-0.39, 0.29) is 92.3 Å². The van der Waals surface area contributed by atoms with E-state index in [4.69, 9.17) is 23.1 Å². The molecule has 21 heteroatoms. The quantitative estimate of drug-likeness (QED) is 0.0714. The molecule has 6 N–H and O–H groups in total. The van der Waals surface area contributed by atoms with Crippen LogP contribution >= 0.6 is 11.6 Å². The summed E-state index contributed by atoms with van der Waals surface area (Å²) in [5.41, 5.74) is 13.0. The molecule has 0 unspecified atom stereocenters. The zero-order valence-electron chi connectivity index (χ0n) is 28.7. The second-order valence-corrected chi connectivity index (χ2v) is 14.3. The minimum atomic E-state index is -5.09. The Morgan fingerprint density at radius 2 is 1.04 bits per heavy atom. The molecule has 0 saturated heterocycles. The van der Waals surface area contributed by atoms with Crippen molar-refractivity contribution in [3.05, 3.63) is 108 Å². The maximum atomic E-state index is 13.6. The van der Waals surface area contributed by atoms with E-state index in [1.54, 1.807) is 66.7 Å². The largest absolute Gasteiger partial charge is 1.00 e. The number of hydrogen-bond acceptors (Lipinski definition) is 14. The molecule has 6 aromatic rings. The second-order valence-electron chi connectivity index (χ2n) is 11.1. The van der Waals surface area contributed by atoms with E-state index in [0.29, 0.717) is 5.69 Å². The van der Waals surface area contributed by atoms with Crippen LogP contribution in [0.2, 0.25) is 5.02 Å². The molecule has 0 aromatic heterocycles. The summed E-state index contributed by atoms with van der Waals surface area (Å²) in [7, 11) is -10.2. The van der Waals surface area contributed by atoms with Gasteiger partial charge in [-0.3, -0.25) is 9.11 Å². The Kier molecular flexibility index (Phi) is 13.9. The zero-order chi connectivity index (χ0) is 38.1. The fraction of sp³-hybridized carbons (Fsp3) is 0. The van der Waals surface area contributed by atoms with Gasteiger partial charge in [0.2, 0.25) is 0 Å². The molecule has 0 aliphatic heterocycles. The van der Waals surface area contributed by atoms with E-state index in [9.17, 15) is 36.2 Å². The predicted molar refractivity (Wildman–Crippen MR) is 194 cm³/mol. The van der Waals surface area contributed by atoms with Crippen LogP contribution in [0.15, 0.2) is 144 Å². The van der Waals surface area contributed by atoms with Gasteiger partial charge in [-0.2, -0.15) is 32.2 Å². The Morgan fingerprint density at radius 1 is 0.582 bits per heavy atom. The van der Waals surface area contributed by atoms with E-state index in [2.05, 4.69) is 30.7 Å². The van der Waals surface area contributed by atoms with Gasteiger partial charge in [0.15, 0.2) is 0 Å². The standard InChI is InChI=1S/C34H25ClN8O8S2.2Na/c35-24-16-26(25(36)17-27(24)44)41-38-22-10-6-18(7-11-22)19-8-12-23(13-9-19)40-42-32-28(52(46,47)48)14-20-15-29(53(49,50)51)33(34(45)30(20)31(32)37)43-39-21-4-2-1-3-5-21;;/h1-17,44-45H,36-37H2,(H,46,47,48)(H,49,50,51);;/q;2*+1/p-2. The average molecular weight is 817 g/mol. The molecule has 0 fully saturated rings. The Bertz CT molecular complexity index is 2720. The smallest absolute Gasteiger partial charge is 0.871 e. The maximum absolute atomic E-state index is 13.6. The van der Waals surface area contributed by atoms with Gasteiger partial charge in [0.1, 0.15) is 21.2 Å². The van der Waals surface area contributed by atoms with Crippen molar-refractivity contribution >= 4 is 88.1 Å². The Morgan fingerprint density at radius 3 is 1.55 bits per heavy atom. The van der Waals surface area contributed by atoms with Gasteiger partial charge in [0.05, 0.1) is 34.1 Å². The molecular formula is C34H23ClN8Na2O8S2. The van der Waals surface area contributed by atoms with Gasteiger partial charge in [-0.1, -0.05) is 65.6 Å². The molecule has 16 nitrogen and oxygen atoms in total. The molecule has 0 aliphatic carbocycles. The normalized spacial score (nSPS) is 12.0. The maximum Gasteiger partial charge on any atom is 1.00 e. The van der Waals surface area contributed by atoms with Crippen LogP contribution < -0.4 is 80.8 Å². The third-order valence-electron chi connectivity index (χ3n) is 7.56. The molecule has 6 rings (SSSR count). The van der Waals surface area contributed by atoms with Gasteiger partial charge >= 0.3 is 59.1 Å². The molecule has 0 amide bonds. The van der Waals surface area contributed by atoms with Gasteiger partial charge < -0.3 is 21.7 Å². The summed E-state index contributed by atoms with van der Waals surface area (Å²) < 4.78 is 69.2. The Labute approximate surface area is 362 Å².